The summed E-state index contributed by atoms with van der Waals surface area (Å²) in [6.45, 7) is 7.37. The molecule has 3 heteroatoms. The highest BCUT2D eigenvalue weighted by molar-refractivity contribution is 6.02. The third-order valence-corrected chi connectivity index (χ3v) is 4.44. The van der Waals surface area contributed by atoms with E-state index in [-0.39, 0.29) is 5.91 Å². The summed E-state index contributed by atoms with van der Waals surface area (Å²) in [7, 11) is 0. The van der Waals surface area contributed by atoms with Crippen molar-refractivity contribution in [1.29, 1.82) is 0 Å². The van der Waals surface area contributed by atoms with Crippen molar-refractivity contribution in [3.63, 3.8) is 0 Å². The highest BCUT2D eigenvalue weighted by Crippen LogP contribution is 2.34. The van der Waals surface area contributed by atoms with Crippen LogP contribution in [0.2, 0.25) is 0 Å². The van der Waals surface area contributed by atoms with E-state index in [0.717, 1.165) is 55.5 Å². The molecule has 0 aliphatic rings. The fourth-order valence-electron chi connectivity index (χ4n) is 3.24. The summed E-state index contributed by atoms with van der Waals surface area (Å²) in [6, 6.07) is 10.2. The molecule has 0 aliphatic carbocycles. The minimum atomic E-state index is -0.325. The van der Waals surface area contributed by atoms with Gasteiger partial charge in [-0.15, -0.1) is 0 Å². The molecule has 124 valence electrons. The maximum atomic E-state index is 12.1. The molecule has 0 saturated carbocycles. The standard InChI is InChI=1S/C20H28N2O/c1-4-6-13-17-19(16-11-9-8-10-12-16)18(20(21)23)15(3)22(17)14-7-5-2/h8-12H,4-7,13-14H2,1-3H3,(H2,21,23). The van der Waals surface area contributed by atoms with E-state index in [1.165, 1.54) is 5.69 Å². The molecule has 0 bridgehead atoms. The maximum Gasteiger partial charge on any atom is 0.251 e. The highest BCUT2D eigenvalue weighted by atomic mass is 16.1. The number of carbonyl (C=O) groups excluding carboxylic acids is 1. The van der Waals surface area contributed by atoms with Gasteiger partial charge in [0, 0.05) is 23.5 Å². The van der Waals surface area contributed by atoms with Crippen LogP contribution in [0.3, 0.4) is 0 Å². The molecule has 0 fully saturated rings. The number of aromatic nitrogens is 1. The Labute approximate surface area is 139 Å². The van der Waals surface area contributed by atoms with E-state index in [2.05, 4.69) is 30.5 Å². The van der Waals surface area contributed by atoms with E-state index in [1.807, 2.05) is 25.1 Å². The van der Waals surface area contributed by atoms with Gasteiger partial charge in [0.2, 0.25) is 0 Å². The zero-order chi connectivity index (χ0) is 16.8. The molecule has 23 heavy (non-hydrogen) atoms. The van der Waals surface area contributed by atoms with Gasteiger partial charge in [0.05, 0.1) is 5.56 Å². The highest BCUT2D eigenvalue weighted by Gasteiger charge is 2.23. The fourth-order valence-corrected chi connectivity index (χ4v) is 3.24. The number of rotatable bonds is 8. The molecule has 2 rings (SSSR count). The average Bonchev–Trinajstić information content (AvgIpc) is 2.83. The van der Waals surface area contributed by atoms with Gasteiger partial charge in [0.25, 0.3) is 5.91 Å². The third-order valence-electron chi connectivity index (χ3n) is 4.44. The second-order valence-corrected chi connectivity index (χ2v) is 6.12. The molecule has 0 aliphatic heterocycles. The molecule has 1 amide bonds. The Balaban J connectivity index is 2.66. The second kappa shape index (κ2) is 8.00. The zero-order valence-electron chi connectivity index (χ0n) is 14.6. The predicted octanol–water partition coefficient (Wildman–Crippen LogP) is 4.71. The minimum Gasteiger partial charge on any atom is -0.366 e. The van der Waals surface area contributed by atoms with Crippen LogP contribution in [0.5, 0.6) is 0 Å². The summed E-state index contributed by atoms with van der Waals surface area (Å²) in [5, 5.41) is 0. The lowest BCUT2D eigenvalue weighted by Crippen LogP contribution is -2.13. The Morgan fingerprint density at radius 2 is 1.74 bits per heavy atom. The number of hydrogen-bond donors (Lipinski definition) is 1. The van der Waals surface area contributed by atoms with Gasteiger partial charge in [-0.1, -0.05) is 57.0 Å². The van der Waals surface area contributed by atoms with E-state index in [4.69, 9.17) is 5.73 Å². The van der Waals surface area contributed by atoms with Crippen molar-refractivity contribution in [3.05, 3.63) is 47.3 Å². The van der Waals surface area contributed by atoms with Crippen molar-refractivity contribution >= 4 is 5.91 Å². The van der Waals surface area contributed by atoms with Crippen molar-refractivity contribution < 1.29 is 4.79 Å². The predicted molar refractivity (Wildman–Crippen MR) is 96.6 cm³/mol. The lowest BCUT2D eigenvalue weighted by atomic mass is 9.98. The Morgan fingerprint density at radius 1 is 1.09 bits per heavy atom. The summed E-state index contributed by atoms with van der Waals surface area (Å²) >= 11 is 0. The van der Waals surface area contributed by atoms with Gasteiger partial charge in [-0.25, -0.2) is 0 Å². The number of carbonyl (C=O) groups is 1. The summed E-state index contributed by atoms with van der Waals surface area (Å²) in [5.41, 5.74) is 10.8. The van der Waals surface area contributed by atoms with Crippen LogP contribution in [0.25, 0.3) is 11.1 Å². The fraction of sp³-hybridized carbons (Fsp3) is 0.450. The summed E-state index contributed by atoms with van der Waals surface area (Å²) in [5.74, 6) is -0.325. The topological polar surface area (TPSA) is 48.0 Å². The van der Waals surface area contributed by atoms with Crippen LogP contribution < -0.4 is 5.73 Å². The van der Waals surface area contributed by atoms with Crippen molar-refractivity contribution in [2.45, 2.75) is 59.4 Å². The van der Waals surface area contributed by atoms with Gasteiger partial charge in [-0.2, -0.15) is 0 Å². The number of nitrogens with zero attached hydrogens (tertiary/aromatic N) is 1. The normalized spacial score (nSPS) is 10.9. The van der Waals surface area contributed by atoms with Crippen molar-refractivity contribution in [2.75, 3.05) is 0 Å². The van der Waals surface area contributed by atoms with Gasteiger partial charge < -0.3 is 10.3 Å². The van der Waals surface area contributed by atoms with Crippen LogP contribution in [0, 0.1) is 6.92 Å². The second-order valence-electron chi connectivity index (χ2n) is 6.12. The molecule has 0 unspecified atom stereocenters. The maximum absolute atomic E-state index is 12.1. The first-order valence-electron chi connectivity index (χ1n) is 8.68. The van der Waals surface area contributed by atoms with Crippen molar-refractivity contribution in [2.24, 2.45) is 5.73 Å². The van der Waals surface area contributed by atoms with E-state index in [1.54, 1.807) is 0 Å². The van der Waals surface area contributed by atoms with Crippen LogP contribution in [-0.2, 0) is 13.0 Å². The number of amides is 1. The van der Waals surface area contributed by atoms with E-state index in [0.29, 0.717) is 5.56 Å². The molecule has 0 atom stereocenters. The minimum absolute atomic E-state index is 0.325. The molecule has 1 aromatic heterocycles. The van der Waals surface area contributed by atoms with Crippen LogP contribution >= 0.6 is 0 Å². The number of primary amides is 1. The molecular weight excluding hydrogens is 284 g/mol. The first kappa shape index (κ1) is 17.3. The number of nitrogens with two attached hydrogens (primary N) is 1. The molecular formula is C20H28N2O. The van der Waals surface area contributed by atoms with E-state index in [9.17, 15) is 4.79 Å². The van der Waals surface area contributed by atoms with Gasteiger partial charge in [-0.3, -0.25) is 4.79 Å². The quantitative estimate of drug-likeness (QED) is 0.754. The Kier molecular flexibility index (Phi) is 6.03. The number of hydrogen-bond acceptors (Lipinski definition) is 1. The lowest BCUT2D eigenvalue weighted by molar-refractivity contribution is 0.1000. The van der Waals surface area contributed by atoms with E-state index < -0.39 is 0 Å². The van der Waals surface area contributed by atoms with Crippen LogP contribution in [-0.4, -0.2) is 10.5 Å². The Morgan fingerprint density at radius 3 is 2.30 bits per heavy atom. The zero-order valence-corrected chi connectivity index (χ0v) is 14.6. The largest absolute Gasteiger partial charge is 0.366 e. The van der Waals surface area contributed by atoms with Gasteiger partial charge >= 0.3 is 0 Å². The van der Waals surface area contributed by atoms with Crippen LogP contribution in [0.1, 0.15) is 61.3 Å². The van der Waals surface area contributed by atoms with Gasteiger partial charge in [0.1, 0.15) is 0 Å². The molecule has 1 aromatic carbocycles. The number of unbranched alkanes of at least 4 members (excludes halogenated alkanes) is 2. The van der Waals surface area contributed by atoms with Crippen molar-refractivity contribution in [1.82, 2.24) is 4.57 Å². The van der Waals surface area contributed by atoms with Crippen LogP contribution in [0.15, 0.2) is 30.3 Å². The van der Waals surface area contributed by atoms with Crippen molar-refractivity contribution in [3.8, 4) is 11.1 Å². The lowest BCUT2D eigenvalue weighted by Gasteiger charge is -2.12. The molecule has 0 radical (unpaired) electrons. The third kappa shape index (κ3) is 3.66. The smallest absolute Gasteiger partial charge is 0.251 e. The van der Waals surface area contributed by atoms with Crippen LogP contribution in [0.4, 0.5) is 0 Å². The molecule has 1 heterocycles. The Bertz CT molecular complexity index is 656. The average molecular weight is 312 g/mol. The monoisotopic (exact) mass is 312 g/mol. The molecule has 0 saturated heterocycles. The first-order valence-corrected chi connectivity index (χ1v) is 8.68. The first-order chi connectivity index (χ1) is 11.1. The number of benzene rings is 1. The van der Waals surface area contributed by atoms with E-state index >= 15 is 0 Å². The SMILES string of the molecule is CCCCc1c(-c2ccccc2)c(C(N)=O)c(C)n1CCCC. The summed E-state index contributed by atoms with van der Waals surface area (Å²) in [6.07, 6.45) is 5.49. The van der Waals surface area contributed by atoms with Gasteiger partial charge in [0.15, 0.2) is 0 Å². The molecule has 2 aromatic rings. The summed E-state index contributed by atoms with van der Waals surface area (Å²) < 4.78 is 2.32. The summed E-state index contributed by atoms with van der Waals surface area (Å²) in [4.78, 5) is 12.1. The molecule has 3 nitrogen and oxygen atoms in total. The molecule has 2 N–H and O–H groups in total. The molecule has 0 spiro atoms. The van der Waals surface area contributed by atoms with Gasteiger partial charge in [-0.05, 0) is 31.7 Å². The Hall–Kier alpha value is -2.03.